The van der Waals surface area contributed by atoms with E-state index in [-0.39, 0.29) is 11.9 Å². The Balaban J connectivity index is 2.81. The molecule has 146 valence electrons. The third-order valence-electron chi connectivity index (χ3n) is 4.24. The van der Waals surface area contributed by atoms with Crippen molar-refractivity contribution in [3.8, 4) is 11.5 Å². The average molecular weight is 363 g/mol. The summed E-state index contributed by atoms with van der Waals surface area (Å²) >= 11 is 0. The Bertz CT molecular complexity index is 551. The molecule has 4 heteroatoms. The van der Waals surface area contributed by atoms with E-state index in [1.165, 1.54) is 19.3 Å². The van der Waals surface area contributed by atoms with Gasteiger partial charge in [0, 0.05) is 12.8 Å². The van der Waals surface area contributed by atoms with Crippen molar-refractivity contribution in [3.63, 3.8) is 0 Å². The molecule has 0 spiro atoms. The van der Waals surface area contributed by atoms with Crippen LogP contribution in [0.25, 0.3) is 0 Å². The molecular formula is C22H34O4. The second-order valence-electron chi connectivity index (χ2n) is 6.75. The highest BCUT2D eigenvalue weighted by atomic mass is 16.6. The van der Waals surface area contributed by atoms with Crippen molar-refractivity contribution in [1.82, 2.24) is 0 Å². The van der Waals surface area contributed by atoms with Gasteiger partial charge in [0.15, 0.2) is 11.5 Å². The monoisotopic (exact) mass is 362 g/mol. The van der Waals surface area contributed by atoms with Crippen LogP contribution in [0.4, 0.5) is 0 Å². The highest BCUT2D eigenvalue weighted by molar-refractivity contribution is 5.76. The molecule has 1 aromatic carbocycles. The number of hydrogen-bond donors (Lipinski definition) is 0. The predicted molar refractivity (Wildman–Crippen MR) is 105 cm³/mol. The standard InChI is InChI=1S/C22H34O4/c1-4-7-10-11-12-18-15-16-19(25-21(23)13-8-5-2)20(17-18)26-22(24)14-9-6-3/h15-17H,4-14H2,1-3H3. The fourth-order valence-corrected chi connectivity index (χ4v) is 2.62. The van der Waals surface area contributed by atoms with Crippen LogP contribution in [0, 0.1) is 0 Å². The van der Waals surface area contributed by atoms with E-state index in [0.717, 1.165) is 44.1 Å². The Hall–Kier alpha value is -1.84. The van der Waals surface area contributed by atoms with Crippen LogP contribution in [0.15, 0.2) is 18.2 Å². The lowest BCUT2D eigenvalue weighted by molar-refractivity contribution is -0.137. The number of esters is 2. The van der Waals surface area contributed by atoms with Crippen LogP contribution in [-0.4, -0.2) is 11.9 Å². The van der Waals surface area contributed by atoms with Gasteiger partial charge in [-0.2, -0.15) is 0 Å². The summed E-state index contributed by atoms with van der Waals surface area (Å²) in [6.45, 7) is 6.25. The Morgan fingerprint density at radius 1 is 0.731 bits per heavy atom. The summed E-state index contributed by atoms with van der Waals surface area (Å²) in [6, 6.07) is 5.55. The summed E-state index contributed by atoms with van der Waals surface area (Å²) in [4.78, 5) is 24.0. The van der Waals surface area contributed by atoms with E-state index < -0.39 is 0 Å². The van der Waals surface area contributed by atoms with Gasteiger partial charge in [0.1, 0.15) is 0 Å². The van der Waals surface area contributed by atoms with Crippen molar-refractivity contribution in [1.29, 1.82) is 0 Å². The van der Waals surface area contributed by atoms with Gasteiger partial charge in [-0.05, 0) is 43.4 Å². The molecule has 0 aliphatic rings. The van der Waals surface area contributed by atoms with Crippen molar-refractivity contribution in [2.75, 3.05) is 0 Å². The summed E-state index contributed by atoms with van der Waals surface area (Å²) in [6.07, 6.45) is 9.86. The summed E-state index contributed by atoms with van der Waals surface area (Å²) in [5, 5.41) is 0. The molecule has 0 amide bonds. The number of hydrogen-bond acceptors (Lipinski definition) is 4. The molecule has 0 atom stereocenters. The minimum Gasteiger partial charge on any atom is -0.423 e. The van der Waals surface area contributed by atoms with Crippen LogP contribution >= 0.6 is 0 Å². The summed E-state index contributed by atoms with van der Waals surface area (Å²) in [7, 11) is 0. The van der Waals surface area contributed by atoms with Crippen molar-refractivity contribution in [2.24, 2.45) is 0 Å². The molecule has 0 aliphatic carbocycles. The molecule has 0 fully saturated rings. The van der Waals surface area contributed by atoms with Crippen LogP contribution in [0.5, 0.6) is 11.5 Å². The first-order valence-corrected chi connectivity index (χ1v) is 10.1. The lowest BCUT2D eigenvalue weighted by Crippen LogP contribution is -2.12. The molecule has 0 bridgehead atoms. The first-order chi connectivity index (χ1) is 12.6. The lowest BCUT2D eigenvalue weighted by Gasteiger charge is -2.12. The van der Waals surface area contributed by atoms with Gasteiger partial charge >= 0.3 is 11.9 Å². The van der Waals surface area contributed by atoms with Gasteiger partial charge in [0.2, 0.25) is 0 Å². The zero-order valence-electron chi connectivity index (χ0n) is 16.6. The van der Waals surface area contributed by atoms with Crippen molar-refractivity contribution in [2.45, 2.75) is 91.4 Å². The van der Waals surface area contributed by atoms with Gasteiger partial charge in [-0.15, -0.1) is 0 Å². The van der Waals surface area contributed by atoms with Gasteiger partial charge in [0.05, 0.1) is 0 Å². The van der Waals surface area contributed by atoms with Crippen LogP contribution < -0.4 is 9.47 Å². The molecule has 26 heavy (non-hydrogen) atoms. The molecule has 0 radical (unpaired) electrons. The smallest absolute Gasteiger partial charge is 0.311 e. The molecule has 0 N–H and O–H groups in total. The molecule has 1 aromatic rings. The lowest BCUT2D eigenvalue weighted by atomic mass is 10.1. The summed E-state index contributed by atoms with van der Waals surface area (Å²) < 4.78 is 10.9. The molecule has 0 unspecified atom stereocenters. The van der Waals surface area contributed by atoms with Crippen molar-refractivity contribution < 1.29 is 19.1 Å². The fourth-order valence-electron chi connectivity index (χ4n) is 2.62. The van der Waals surface area contributed by atoms with Gasteiger partial charge in [-0.1, -0.05) is 58.9 Å². The van der Waals surface area contributed by atoms with E-state index >= 15 is 0 Å². The molecule has 1 rings (SSSR count). The maximum Gasteiger partial charge on any atom is 0.311 e. The van der Waals surface area contributed by atoms with Crippen molar-refractivity contribution >= 4 is 11.9 Å². The molecule has 0 aromatic heterocycles. The third kappa shape index (κ3) is 9.02. The minimum atomic E-state index is -0.284. The number of ether oxygens (including phenoxy) is 2. The van der Waals surface area contributed by atoms with E-state index in [9.17, 15) is 9.59 Å². The van der Waals surface area contributed by atoms with E-state index in [1.807, 2.05) is 26.0 Å². The first-order valence-electron chi connectivity index (χ1n) is 10.1. The minimum absolute atomic E-state index is 0.277. The molecule has 0 heterocycles. The first kappa shape index (κ1) is 22.2. The van der Waals surface area contributed by atoms with Crippen LogP contribution in [0.2, 0.25) is 0 Å². The van der Waals surface area contributed by atoms with Crippen LogP contribution in [-0.2, 0) is 16.0 Å². The van der Waals surface area contributed by atoms with E-state index in [0.29, 0.717) is 24.3 Å². The maximum absolute atomic E-state index is 12.0. The Labute approximate surface area is 158 Å². The van der Waals surface area contributed by atoms with Crippen LogP contribution in [0.1, 0.15) is 90.5 Å². The van der Waals surface area contributed by atoms with E-state index in [2.05, 4.69) is 6.92 Å². The van der Waals surface area contributed by atoms with Gasteiger partial charge in [-0.3, -0.25) is 9.59 Å². The number of unbranched alkanes of at least 4 members (excludes halogenated alkanes) is 5. The Kier molecular flexibility index (Phi) is 11.4. The Morgan fingerprint density at radius 3 is 1.88 bits per heavy atom. The highest BCUT2D eigenvalue weighted by Crippen LogP contribution is 2.30. The van der Waals surface area contributed by atoms with Crippen molar-refractivity contribution in [3.05, 3.63) is 23.8 Å². The molecule has 0 aliphatic heterocycles. The summed E-state index contributed by atoms with van der Waals surface area (Å²) in [5.74, 6) is 0.145. The average Bonchev–Trinajstić information content (AvgIpc) is 2.63. The topological polar surface area (TPSA) is 52.6 Å². The molecular weight excluding hydrogens is 328 g/mol. The number of carbonyl (C=O) groups is 2. The van der Waals surface area contributed by atoms with E-state index in [4.69, 9.17) is 9.47 Å². The normalized spacial score (nSPS) is 10.6. The second kappa shape index (κ2) is 13.4. The molecule has 4 nitrogen and oxygen atoms in total. The summed E-state index contributed by atoms with van der Waals surface area (Å²) in [5.41, 5.74) is 1.10. The zero-order chi connectivity index (χ0) is 19.2. The number of carbonyl (C=O) groups excluding carboxylic acids is 2. The van der Waals surface area contributed by atoms with Gasteiger partial charge in [0.25, 0.3) is 0 Å². The third-order valence-corrected chi connectivity index (χ3v) is 4.24. The SMILES string of the molecule is CCCCCCc1ccc(OC(=O)CCCC)c(OC(=O)CCCC)c1. The van der Waals surface area contributed by atoms with Crippen LogP contribution in [0.3, 0.4) is 0 Å². The van der Waals surface area contributed by atoms with E-state index in [1.54, 1.807) is 6.07 Å². The molecule has 0 saturated carbocycles. The molecule has 0 saturated heterocycles. The van der Waals surface area contributed by atoms with Gasteiger partial charge in [-0.25, -0.2) is 0 Å². The number of benzene rings is 1. The quantitative estimate of drug-likeness (QED) is 0.245. The Morgan fingerprint density at radius 2 is 1.31 bits per heavy atom. The predicted octanol–water partition coefficient (Wildman–Crippen LogP) is 6.00. The zero-order valence-corrected chi connectivity index (χ0v) is 16.6. The number of aryl methyl sites for hydroxylation is 1. The maximum atomic E-state index is 12.0. The van der Waals surface area contributed by atoms with Gasteiger partial charge < -0.3 is 9.47 Å². The largest absolute Gasteiger partial charge is 0.423 e. The highest BCUT2D eigenvalue weighted by Gasteiger charge is 2.14. The second-order valence-corrected chi connectivity index (χ2v) is 6.75. The number of rotatable bonds is 13. The fraction of sp³-hybridized carbons (Fsp3) is 0.636.